The fourth-order valence-electron chi connectivity index (χ4n) is 4.59. The van der Waals surface area contributed by atoms with Gasteiger partial charge in [-0.05, 0) is 43.5 Å². The molecule has 1 aromatic carbocycles. The van der Waals surface area contributed by atoms with Crippen LogP contribution in [0.4, 0.5) is 5.69 Å². The lowest BCUT2D eigenvalue weighted by Gasteiger charge is -2.40. The van der Waals surface area contributed by atoms with Gasteiger partial charge in [-0.15, -0.1) is 0 Å². The molecule has 0 bridgehead atoms. The smallest absolute Gasteiger partial charge is 0.0415 e. The lowest BCUT2D eigenvalue weighted by molar-refractivity contribution is 0.187. The van der Waals surface area contributed by atoms with Crippen molar-refractivity contribution < 1.29 is 0 Å². The van der Waals surface area contributed by atoms with Gasteiger partial charge in [0, 0.05) is 51.0 Å². The van der Waals surface area contributed by atoms with E-state index in [0.717, 1.165) is 12.6 Å². The van der Waals surface area contributed by atoms with Gasteiger partial charge in [-0.25, -0.2) is 0 Å². The Labute approximate surface area is 134 Å². The highest BCUT2D eigenvalue weighted by molar-refractivity contribution is 5.58. The van der Waals surface area contributed by atoms with E-state index in [-0.39, 0.29) is 0 Å². The van der Waals surface area contributed by atoms with Crippen molar-refractivity contribution in [2.75, 3.05) is 44.7 Å². The SMILES string of the molecule is CN1CCc2cccc(N3CCN(C4CCCC4)CC3)c2C1. The summed E-state index contributed by atoms with van der Waals surface area (Å²) in [5.74, 6) is 0. The second kappa shape index (κ2) is 6.21. The van der Waals surface area contributed by atoms with E-state index in [4.69, 9.17) is 0 Å². The van der Waals surface area contributed by atoms with Gasteiger partial charge in [0.1, 0.15) is 0 Å². The Kier molecular flexibility index (Phi) is 4.10. The van der Waals surface area contributed by atoms with Crippen LogP contribution in [0.15, 0.2) is 18.2 Å². The number of rotatable bonds is 2. The molecular weight excluding hydrogens is 270 g/mol. The van der Waals surface area contributed by atoms with Crippen molar-refractivity contribution in [1.82, 2.24) is 9.80 Å². The second-order valence-electron chi connectivity index (χ2n) is 7.36. The number of hydrogen-bond acceptors (Lipinski definition) is 3. The maximum atomic E-state index is 2.75. The molecule has 0 aromatic heterocycles. The molecule has 0 amide bonds. The maximum absolute atomic E-state index is 2.75. The highest BCUT2D eigenvalue weighted by atomic mass is 15.3. The average molecular weight is 299 g/mol. The molecule has 1 aliphatic carbocycles. The maximum Gasteiger partial charge on any atom is 0.0415 e. The van der Waals surface area contributed by atoms with Crippen LogP contribution < -0.4 is 4.90 Å². The largest absolute Gasteiger partial charge is 0.369 e. The van der Waals surface area contributed by atoms with Crippen molar-refractivity contribution in [3.05, 3.63) is 29.3 Å². The van der Waals surface area contributed by atoms with Crippen LogP contribution in [-0.2, 0) is 13.0 Å². The quantitative estimate of drug-likeness (QED) is 0.831. The van der Waals surface area contributed by atoms with Crippen LogP contribution in [0.1, 0.15) is 36.8 Å². The zero-order valence-electron chi connectivity index (χ0n) is 13.9. The third-order valence-electron chi connectivity index (χ3n) is 5.94. The number of hydrogen-bond donors (Lipinski definition) is 0. The molecule has 22 heavy (non-hydrogen) atoms. The Hall–Kier alpha value is -1.06. The molecule has 2 aliphatic heterocycles. The molecule has 0 N–H and O–H groups in total. The van der Waals surface area contributed by atoms with Crippen molar-refractivity contribution in [1.29, 1.82) is 0 Å². The number of fused-ring (bicyclic) bond motifs is 1. The Morgan fingerprint density at radius 1 is 0.955 bits per heavy atom. The summed E-state index contributed by atoms with van der Waals surface area (Å²) in [4.78, 5) is 7.86. The number of anilines is 1. The predicted molar refractivity (Wildman–Crippen MR) is 92.5 cm³/mol. The molecule has 2 fully saturated rings. The molecule has 0 unspecified atom stereocenters. The fraction of sp³-hybridized carbons (Fsp3) is 0.684. The summed E-state index contributed by atoms with van der Waals surface area (Å²) < 4.78 is 0. The van der Waals surface area contributed by atoms with Crippen molar-refractivity contribution in [3.63, 3.8) is 0 Å². The highest BCUT2D eigenvalue weighted by Crippen LogP contribution is 2.30. The monoisotopic (exact) mass is 299 g/mol. The lowest BCUT2D eigenvalue weighted by Crippen LogP contribution is -2.50. The minimum absolute atomic E-state index is 0.887. The van der Waals surface area contributed by atoms with Crippen molar-refractivity contribution >= 4 is 5.69 Å². The van der Waals surface area contributed by atoms with E-state index in [0.29, 0.717) is 0 Å². The van der Waals surface area contributed by atoms with Crippen LogP contribution in [0.25, 0.3) is 0 Å². The molecule has 3 heteroatoms. The van der Waals surface area contributed by atoms with E-state index in [1.807, 2.05) is 0 Å². The van der Waals surface area contributed by atoms with E-state index in [1.54, 1.807) is 11.1 Å². The third kappa shape index (κ3) is 2.77. The van der Waals surface area contributed by atoms with E-state index in [2.05, 4.69) is 39.9 Å². The van der Waals surface area contributed by atoms with Crippen LogP contribution in [0.5, 0.6) is 0 Å². The zero-order valence-corrected chi connectivity index (χ0v) is 13.9. The molecular formula is C19H29N3. The first-order chi connectivity index (χ1) is 10.8. The van der Waals surface area contributed by atoms with Crippen LogP contribution in [-0.4, -0.2) is 55.6 Å². The number of piperazine rings is 1. The van der Waals surface area contributed by atoms with Crippen molar-refractivity contribution in [2.45, 2.75) is 44.7 Å². The van der Waals surface area contributed by atoms with Crippen LogP contribution in [0.2, 0.25) is 0 Å². The number of benzene rings is 1. The Bertz CT molecular complexity index is 513. The summed E-state index contributed by atoms with van der Waals surface area (Å²) in [5, 5.41) is 0. The Balaban J connectivity index is 1.47. The number of likely N-dealkylation sites (N-methyl/N-ethyl adjacent to an activating group) is 1. The summed E-state index contributed by atoms with van der Waals surface area (Å²) in [6, 6.07) is 7.84. The fourth-order valence-corrected chi connectivity index (χ4v) is 4.59. The first-order valence-electron chi connectivity index (χ1n) is 9.09. The van der Waals surface area contributed by atoms with Gasteiger partial charge in [0.05, 0.1) is 0 Å². The Morgan fingerprint density at radius 3 is 2.50 bits per heavy atom. The van der Waals surface area contributed by atoms with Crippen molar-refractivity contribution in [2.24, 2.45) is 0 Å². The Morgan fingerprint density at radius 2 is 1.73 bits per heavy atom. The highest BCUT2D eigenvalue weighted by Gasteiger charge is 2.27. The molecule has 3 nitrogen and oxygen atoms in total. The third-order valence-corrected chi connectivity index (χ3v) is 5.94. The van der Waals surface area contributed by atoms with Crippen LogP contribution in [0, 0.1) is 0 Å². The molecule has 1 saturated heterocycles. The molecule has 120 valence electrons. The summed E-state index contributed by atoms with van der Waals surface area (Å²) in [6.45, 7) is 7.24. The summed E-state index contributed by atoms with van der Waals surface area (Å²) >= 11 is 0. The van der Waals surface area contributed by atoms with Gasteiger partial charge >= 0.3 is 0 Å². The molecule has 0 spiro atoms. The second-order valence-corrected chi connectivity index (χ2v) is 7.36. The molecule has 0 radical (unpaired) electrons. The van der Waals surface area contributed by atoms with Gasteiger partial charge < -0.3 is 9.80 Å². The lowest BCUT2D eigenvalue weighted by atomic mass is 9.97. The van der Waals surface area contributed by atoms with E-state index >= 15 is 0 Å². The van der Waals surface area contributed by atoms with Gasteiger partial charge in [0.15, 0.2) is 0 Å². The molecule has 3 aliphatic rings. The molecule has 1 aromatic rings. The molecule has 1 saturated carbocycles. The van der Waals surface area contributed by atoms with Gasteiger partial charge in [0.2, 0.25) is 0 Å². The topological polar surface area (TPSA) is 9.72 Å². The van der Waals surface area contributed by atoms with E-state index in [1.165, 1.54) is 70.5 Å². The summed E-state index contributed by atoms with van der Waals surface area (Å²) in [6.07, 6.45) is 6.98. The van der Waals surface area contributed by atoms with Gasteiger partial charge in [-0.1, -0.05) is 25.0 Å². The van der Waals surface area contributed by atoms with Crippen LogP contribution >= 0.6 is 0 Å². The summed E-state index contributed by atoms with van der Waals surface area (Å²) in [7, 11) is 2.25. The molecule has 2 heterocycles. The van der Waals surface area contributed by atoms with Crippen molar-refractivity contribution in [3.8, 4) is 0 Å². The van der Waals surface area contributed by atoms with Gasteiger partial charge in [-0.3, -0.25) is 4.90 Å². The standard InChI is InChI=1S/C19H29N3/c1-20-10-9-16-5-4-8-19(18(16)15-20)22-13-11-21(12-14-22)17-6-2-3-7-17/h4-5,8,17H,2-3,6-7,9-15H2,1H3. The van der Waals surface area contributed by atoms with Crippen LogP contribution in [0.3, 0.4) is 0 Å². The molecule has 4 rings (SSSR count). The minimum Gasteiger partial charge on any atom is -0.369 e. The zero-order chi connectivity index (χ0) is 14.9. The number of nitrogens with zero attached hydrogens (tertiary/aromatic N) is 3. The first kappa shape index (κ1) is 14.5. The first-order valence-corrected chi connectivity index (χ1v) is 9.09. The predicted octanol–water partition coefficient (Wildman–Crippen LogP) is 2.74. The normalized spacial score (nSPS) is 24.7. The van der Waals surface area contributed by atoms with Gasteiger partial charge in [0.25, 0.3) is 0 Å². The van der Waals surface area contributed by atoms with E-state index < -0.39 is 0 Å². The average Bonchev–Trinajstić information content (AvgIpc) is 3.09. The van der Waals surface area contributed by atoms with Gasteiger partial charge in [-0.2, -0.15) is 0 Å². The summed E-state index contributed by atoms with van der Waals surface area (Å²) in [5.41, 5.74) is 4.68. The minimum atomic E-state index is 0.887. The van der Waals surface area contributed by atoms with E-state index in [9.17, 15) is 0 Å². The molecule has 0 atom stereocenters.